The van der Waals surface area contributed by atoms with Crippen LogP contribution in [-0.2, 0) is 14.4 Å². The van der Waals surface area contributed by atoms with Crippen LogP contribution in [0.1, 0.15) is 56.9 Å². The van der Waals surface area contributed by atoms with Gasteiger partial charge in [-0.05, 0) is 74.6 Å². The molecule has 0 saturated carbocycles. The third-order valence-electron chi connectivity index (χ3n) is 7.18. The lowest BCUT2D eigenvalue weighted by atomic mass is 9.71. The molecule has 0 radical (unpaired) electrons. The van der Waals surface area contributed by atoms with Crippen LogP contribution in [0.2, 0.25) is 5.02 Å². The molecular formula is C30H31ClN2O6. The molecule has 0 unspecified atom stereocenters. The first-order chi connectivity index (χ1) is 18.9. The molecule has 2 aromatic carbocycles. The molecule has 2 aliphatic carbocycles. The van der Waals surface area contributed by atoms with Crippen LogP contribution in [0.15, 0.2) is 58.9 Å². The smallest absolute Gasteiger partial charge is 0.262 e. The molecule has 1 heterocycles. The van der Waals surface area contributed by atoms with Crippen molar-refractivity contribution in [2.75, 3.05) is 25.6 Å². The number of hydrogen-bond acceptors (Lipinski definition) is 7. The molecule has 0 spiro atoms. The highest BCUT2D eigenvalue weighted by molar-refractivity contribution is 6.32. The van der Waals surface area contributed by atoms with Crippen molar-refractivity contribution < 1.29 is 28.6 Å². The average Bonchev–Trinajstić information content (AvgIpc) is 2.92. The summed E-state index contributed by atoms with van der Waals surface area (Å²) in [5.74, 6) is 0.474. The number of carbonyl (C=O) groups excluding carboxylic acids is 3. The third kappa shape index (κ3) is 5.52. The van der Waals surface area contributed by atoms with Gasteiger partial charge in [0, 0.05) is 47.0 Å². The Bertz CT molecular complexity index is 1340. The maximum atomic E-state index is 13.1. The lowest BCUT2D eigenvalue weighted by Gasteiger charge is -2.37. The molecule has 9 heteroatoms. The van der Waals surface area contributed by atoms with Gasteiger partial charge in [0.15, 0.2) is 29.7 Å². The zero-order chi connectivity index (χ0) is 27.5. The zero-order valence-electron chi connectivity index (χ0n) is 22.0. The summed E-state index contributed by atoms with van der Waals surface area (Å²) in [6, 6.07) is 10.4. The van der Waals surface area contributed by atoms with Crippen molar-refractivity contribution in [2.45, 2.75) is 51.4 Å². The van der Waals surface area contributed by atoms with Gasteiger partial charge in [-0.2, -0.15) is 0 Å². The van der Waals surface area contributed by atoms with Gasteiger partial charge in [-0.3, -0.25) is 14.4 Å². The number of Topliss-reactive ketones (excluding diaryl/α,β-unsaturated/α-hetero) is 2. The first kappa shape index (κ1) is 26.8. The molecule has 0 fully saturated rings. The molecule has 8 nitrogen and oxygen atoms in total. The minimum absolute atomic E-state index is 0.0447. The number of ketones is 2. The van der Waals surface area contributed by atoms with Crippen LogP contribution in [0.5, 0.6) is 17.2 Å². The van der Waals surface area contributed by atoms with Crippen LogP contribution in [0, 0.1) is 0 Å². The van der Waals surface area contributed by atoms with Gasteiger partial charge in [0.1, 0.15) is 5.75 Å². The topological polar surface area (TPSA) is 103 Å². The zero-order valence-corrected chi connectivity index (χ0v) is 22.8. The number of anilines is 1. The molecule has 1 amide bonds. The third-order valence-corrected chi connectivity index (χ3v) is 7.46. The molecule has 1 aliphatic heterocycles. The molecule has 39 heavy (non-hydrogen) atoms. The van der Waals surface area contributed by atoms with Gasteiger partial charge in [-0.25, -0.2) is 0 Å². The summed E-state index contributed by atoms with van der Waals surface area (Å²) < 4.78 is 16.9. The molecule has 3 aliphatic rings. The van der Waals surface area contributed by atoms with E-state index in [4.69, 9.17) is 25.8 Å². The number of methoxy groups -OCH3 is 1. The summed E-state index contributed by atoms with van der Waals surface area (Å²) in [4.78, 5) is 38.9. The van der Waals surface area contributed by atoms with Crippen molar-refractivity contribution in [1.29, 1.82) is 0 Å². The summed E-state index contributed by atoms with van der Waals surface area (Å²) in [7, 11) is 1.57. The number of halogens is 1. The molecule has 0 aromatic heterocycles. The maximum Gasteiger partial charge on any atom is 0.262 e. The van der Waals surface area contributed by atoms with Gasteiger partial charge < -0.3 is 24.8 Å². The summed E-state index contributed by atoms with van der Waals surface area (Å²) in [5.41, 5.74) is 4.38. The van der Waals surface area contributed by atoms with Crippen LogP contribution in [0.4, 0.5) is 5.69 Å². The Morgan fingerprint density at radius 3 is 2.21 bits per heavy atom. The van der Waals surface area contributed by atoms with Crippen molar-refractivity contribution in [1.82, 2.24) is 5.32 Å². The number of benzene rings is 2. The van der Waals surface area contributed by atoms with Gasteiger partial charge in [0.2, 0.25) is 0 Å². The highest BCUT2D eigenvalue weighted by Crippen LogP contribution is 2.48. The van der Waals surface area contributed by atoms with E-state index >= 15 is 0 Å². The second-order valence-corrected chi connectivity index (χ2v) is 10.1. The minimum atomic E-state index is -0.513. The normalized spacial score (nSPS) is 17.3. The standard InChI is InChI=1S/C30H31ClN2O6/c1-3-38-25-15-17(14-20(31)30(25)39-16-26(36)32-18-10-12-19(37-2)13-11-18)27-28-21(6-4-8-23(28)34)33-22-7-5-9-24(35)29(22)27/h10-15,27,33H,3-9,16H2,1-2H3,(H,32,36). The summed E-state index contributed by atoms with van der Waals surface area (Å²) >= 11 is 6.72. The second kappa shape index (κ2) is 11.5. The van der Waals surface area contributed by atoms with Crippen molar-refractivity contribution in [2.24, 2.45) is 0 Å². The van der Waals surface area contributed by atoms with Crippen molar-refractivity contribution >= 4 is 34.8 Å². The fourth-order valence-corrected chi connectivity index (χ4v) is 5.76. The van der Waals surface area contributed by atoms with E-state index in [0.717, 1.165) is 37.1 Å². The Hall–Kier alpha value is -3.78. The predicted octanol–water partition coefficient (Wildman–Crippen LogP) is 5.47. The number of ether oxygens (including phenoxy) is 3. The minimum Gasteiger partial charge on any atom is -0.497 e. The second-order valence-electron chi connectivity index (χ2n) is 9.72. The van der Waals surface area contributed by atoms with Gasteiger partial charge in [0.05, 0.1) is 18.7 Å². The fourth-order valence-electron chi connectivity index (χ4n) is 5.48. The van der Waals surface area contributed by atoms with Gasteiger partial charge >= 0.3 is 0 Å². The summed E-state index contributed by atoms with van der Waals surface area (Å²) in [5, 5.41) is 6.43. The van der Waals surface area contributed by atoms with E-state index in [0.29, 0.717) is 53.3 Å². The predicted molar refractivity (Wildman–Crippen MR) is 147 cm³/mol. The van der Waals surface area contributed by atoms with Gasteiger partial charge in [-0.1, -0.05) is 11.6 Å². The van der Waals surface area contributed by atoms with Crippen molar-refractivity contribution in [3.63, 3.8) is 0 Å². The van der Waals surface area contributed by atoms with Gasteiger partial charge in [0.25, 0.3) is 5.91 Å². The summed E-state index contributed by atoms with van der Waals surface area (Å²) in [6.45, 7) is 1.88. The van der Waals surface area contributed by atoms with Crippen LogP contribution >= 0.6 is 11.6 Å². The van der Waals surface area contributed by atoms with Crippen LogP contribution in [0.25, 0.3) is 0 Å². The average molecular weight is 551 g/mol. The number of carbonyl (C=O) groups is 3. The summed E-state index contributed by atoms with van der Waals surface area (Å²) in [6.07, 6.45) is 3.99. The quantitative estimate of drug-likeness (QED) is 0.449. The molecule has 0 bridgehead atoms. The number of rotatable bonds is 8. The number of hydrogen-bond donors (Lipinski definition) is 2. The number of amides is 1. The largest absolute Gasteiger partial charge is 0.497 e. The van der Waals surface area contributed by atoms with Crippen LogP contribution in [-0.4, -0.2) is 37.8 Å². The lowest BCUT2D eigenvalue weighted by Crippen LogP contribution is -2.36. The molecule has 2 aromatic rings. The molecule has 5 rings (SSSR count). The van der Waals surface area contributed by atoms with E-state index in [9.17, 15) is 14.4 Å². The number of dihydropyridines is 1. The Labute approximate surface area is 232 Å². The van der Waals surface area contributed by atoms with E-state index in [1.165, 1.54) is 0 Å². The number of allylic oxidation sites excluding steroid dienone is 4. The van der Waals surface area contributed by atoms with E-state index in [-0.39, 0.29) is 34.9 Å². The van der Waals surface area contributed by atoms with Gasteiger partial charge in [-0.15, -0.1) is 0 Å². The Balaban J connectivity index is 1.44. The molecular weight excluding hydrogens is 520 g/mol. The Morgan fingerprint density at radius 1 is 0.974 bits per heavy atom. The monoisotopic (exact) mass is 550 g/mol. The highest BCUT2D eigenvalue weighted by Gasteiger charge is 2.40. The maximum absolute atomic E-state index is 13.1. The lowest BCUT2D eigenvalue weighted by molar-refractivity contribution is -0.118. The first-order valence-corrected chi connectivity index (χ1v) is 13.6. The van der Waals surface area contributed by atoms with E-state index in [1.807, 2.05) is 6.92 Å². The van der Waals surface area contributed by atoms with Crippen molar-refractivity contribution in [3.8, 4) is 17.2 Å². The van der Waals surface area contributed by atoms with Crippen LogP contribution < -0.4 is 24.8 Å². The Morgan fingerprint density at radius 2 is 1.62 bits per heavy atom. The number of nitrogens with one attached hydrogen (secondary N) is 2. The van der Waals surface area contributed by atoms with Crippen LogP contribution in [0.3, 0.4) is 0 Å². The van der Waals surface area contributed by atoms with E-state index in [1.54, 1.807) is 43.5 Å². The molecule has 204 valence electrons. The molecule has 0 saturated heterocycles. The Kier molecular flexibility index (Phi) is 7.93. The van der Waals surface area contributed by atoms with Crippen molar-refractivity contribution in [3.05, 3.63) is 69.5 Å². The highest BCUT2D eigenvalue weighted by atomic mass is 35.5. The van der Waals surface area contributed by atoms with E-state index in [2.05, 4.69) is 10.6 Å². The SMILES string of the molecule is CCOc1cc(C2C3=C(CCCC3=O)NC3=C2C(=O)CCC3)cc(Cl)c1OCC(=O)Nc1ccc(OC)cc1. The molecule has 2 N–H and O–H groups in total. The fraction of sp³-hybridized carbons (Fsp3) is 0.367. The van der Waals surface area contributed by atoms with E-state index < -0.39 is 5.92 Å². The molecule has 0 atom stereocenters. The first-order valence-electron chi connectivity index (χ1n) is 13.2.